The average molecular weight is 318 g/mol. The van der Waals surface area contributed by atoms with Crippen LogP contribution in [-0.4, -0.2) is 38.4 Å². The van der Waals surface area contributed by atoms with Crippen molar-refractivity contribution in [2.45, 2.75) is 19.9 Å². The molecule has 7 nitrogen and oxygen atoms in total. The number of aromatic nitrogens is 2. The third-order valence-corrected chi connectivity index (χ3v) is 4.30. The quantitative estimate of drug-likeness (QED) is 0.640. The first-order chi connectivity index (χ1) is 10.6. The fraction of sp³-hybridized carbons (Fsp3) is 0.286. The zero-order valence-electron chi connectivity index (χ0n) is 11.9. The van der Waals surface area contributed by atoms with Crippen molar-refractivity contribution >= 4 is 23.2 Å². The summed E-state index contributed by atoms with van der Waals surface area (Å²) in [6, 6.07) is 1.65. The van der Waals surface area contributed by atoms with Crippen molar-refractivity contribution in [2.24, 2.45) is 0 Å². The van der Waals surface area contributed by atoms with Gasteiger partial charge in [0.2, 0.25) is 0 Å². The van der Waals surface area contributed by atoms with E-state index in [1.165, 1.54) is 17.5 Å². The summed E-state index contributed by atoms with van der Waals surface area (Å²) in [6.45, 7) is 2.81. The van der Waals surface area contributed by atoms with Crippen molar-refractivity contribution in [3.63, 3.8) is 0 Å². The molecule has 0 atom stereocenters. The number of carbonyl (C=O) groups is 2. The van der Waals surface area contributed by atoms with E-state index in [0.717, 1.165) is 16.3 Å². The van der Waals surface area contributed by atoms with Gasteiger partial charge in [-0.3, -0.25) is 19.8 Å². The van der Waals surface area contributed by atoms with Gasteiger partial charge in [-0.25, -0.2) is 10.5 Å². The first-order valence-corrected chi connectivity index (χ1v) is 7.60. The van der Waals surface area contributed by atoms with Crippen LogP contribution in [-0.2, 0) is 13.0 Å². The molecule has 2 N–H and O–H groups in total. The second kappa shape index (κ2) is 5.82. The summed E-state index contributed by atoms with van der Waals surface area (Å²) >= 11 is 1.44. The van der Waals surface area contributed by atoms with Crippen molar-refractivity contribution in [3.05, 3.63) is 45.2 Å². The summed E-state index contributed by atoms with van der Waals surface area (Å²) in [7, 11) is 0. The van der Waals surface area contributed by atoms with Crippen molar-refractivity contribution in [3.8, 4) is 0 Å². The molecule has 0 radical (unpaired) electrons. The maximum atomic E-state index is 12.4. The second-order valence-electron chi connectivity index (χ2n) is 5.00. The van der Waals surface area contributed by atoms with Gasteiger partial charge < -0.3 is 4.90 Å². The van der Waals surface area contributed by atoms with Gasteiger partial charge in [-0.1, -0.05) is 0 Å². The number of nitrogens with zero attached hydrogens (tertiary/aromatic N) is 3. The maximum Gasteiger partial charge on any atom is 0.276 e. The van der Waals surface area contributed by atoms with E-state index in [-0.39, 0.29) is 11.5 Å². The van der Waals surface area contributed by atoms with Crippen LogP contribution in [0, 0.1) is 6.92 Å². The van der Waals surface area contributed by atoms with Gasteiger partial charge in [-0.15, -0.1) is 11.3 Å². The lowest BCUT2D eigenvalue weighted by Crippen LogP contribution is -2.36. The van der Waals surface area contributed by atoms with E-state index in [4.69, 9.17) is 5.21 Å². The summed E-state index contributed by atoms with van der Waals surface area (Å²) in [6.07, 6.45) is 2.05. The van der Waals surface area contributed by atoms with Gasteiger partial charge in [0.15, 0.2) is 0 Å². The van der Waals surface area contributed by atoms with Crippen LogP contribution in [0.15, 0.2) is 17.6 Å². The van der Waals surface area contributed by atoms with E-state index in [9.17, 15) is 9.59 Å². The Morgan fingerprint density at radius 3 is 2.95 bits per heavy atom. The highest BCUT2D eigenvalue weighted by atomic mass is 32.1. The van der Waals surface area contributed by atoms with E-state index >= 15 is 0 Å². The molecule has 0 saturated carbocycles. The highest BCUT2D eigenvalue weighted by Gasteiger charge is 2.24. The summed E-state index contributed by atoms with van der Waals surface area (Å²) in [5.41, 5.74) is 3.98. The number of hydrogen-bond donors (Lipinski definition) is 2. The number of rotatable bonds is 2. The molecule has 114 valence electrons. The lowest BCUT2D eigenvalue weighted by Gasteiger charge is -2.27. The fourth-order valence-electron chi connectivity index (χ4n) is 2.41. The molecular weight excluding hydrogens is 304 g/mol. The Balaban J connectivity index is 1.83. The van der Waals surface area contributed by atoms with Gasteiger partial charge in [-0.2, -0.15) is 0 Å². The molecule has 3 heterocycles. The van der Waals surface area contributed by atoms with Gasteiger partial charge in [0.05, 0.1) is 10.6 Å². The van der Waals surface area contributed by atoms with E-state index in [2.05, 4.69) is 9.97 Å². The van der Waals surface area contributed by atoms with Crippen LogP contribution in [0.25, 0.3) is 0 Å². The van der Waals surface area contributed by atoms with Crippen LogP contribution >= 0.6 is 11.3 Å². The number of fused-ring (bicyclic) bond motifs is 1. The standard InChI is InChI=1S/C14H14N4O3S/c1-8-16-12(7-22-8)14(20)18-3-2-11-10(6-18)4-9(5-15-11)13(19)17-21/h4-5,7,21H,2-3,6H2,1H3,(H,17,19). The van der Waals surface area contributed by atoms with E-state index < -0.39 is 5.91 Å². The summed E-state index contributed by atoms with van der Waals surface area (Å²) in [4.78, 5) is 34.0. The van der Waals surface area contributed by atoms with Crippen molar-refractivity contribution in [1.29, 1.82) is 0 Å². The van der Waals surface area contributed by atoms with Crippen LogP contribution in [0.1, 0.15) is 37.1 Å². The molecule has 0 fully saturated rings. The van der Waals surface area contributed by atoms with Crippen molar-refractivity contribution in [1.82, 2.24) is 20.3 Å². The van der Waals surface area contributed by atoms with Gasteiger partial charge in [0.25, 0.3) is 11.8 Å². The van der Waals surface area contributed by atoms with Gasteiger partial charge in [0.1, 0.15) is 5.69 Å². The highest BCUT2D eigenvalue weighted by Crippen LogP contribution is 2.20. The van der Waals surface area contributed by atoms with Crippen LogP contribution < -0.4 is 5.48 Å². The molecule has 0 saturated heterocycles. The van der Waals surface area contributed by atoms with E-state index in [0.29, 0.717) is 25.2 Å². The Morgan fingerprint density at radius 2 is 2.27 bits per heavy atom. The van der Waals surface area contributed by atoms with Gasteiger partial charge in [-0.05, 0) is 18.6 Å². The van der Waals surface area contributed by atoms with Gasteiger partial charge in [0, 0.05) is 36.8 Å². The topological polar surface area (TPSA) is 95.4 Å². The maximum absolute atomic E-state index is 12.4. The van der Waals surface area contributed by atoms with Crippen LogP contribution in [0.3, 0.4) is 0 Å². The third-order valence-electron chi connectivity index (χ3n) is 3.53. The zero-order chi connectivity index (χ0) is 15.7. The van der Waals surface area contributed by atoms with Crippen molar-refractivity contribution < 1.29 is 14.8 Å². The molecule has 1 aliphatic heterocycles. The molecule has 0 unspecified atom stereocenters. The molecule has 0 aliphatic carbocycles. The number of hydrogen-bond acceptors (Lipinski definition) is 6. The Morgan fingerprint density at radius 1 is 1.45 bits per heavy atom. The second-order valence-corrected chi connectivity index (χ2v) is 6.06. The van der Waals surface area contributed by atoms with Gasteiger partial charge >= 0.3 is 0 Å². The molecule has 0 spiro atoms. The Hall–Kier alpha value is -2.32. The molecule has 8 heteroatoms. The number of thiazole rings is 1. The number of pyridine rings is 1. The minimum Gasteiger partial charge on any atom is -0.332 e. The summed E-state index contributed by atoms with van der Waals surface area (Å²) < 4.78 is 0. The monoisotopic (exact) mass is 318 g/mol. The summed E-state index contributed by atoms with van der Waals surface area (Å²) in [5, 5.41) is 11.3. The molecule has 1 aliphatic rings. The Labute approximate surface area is 130 Å². The largest absolute Gasteiger partial charge is 0.332 e. The number of hydroxylamine groups is 1. The third kappa shape index (κ3) is 2.70. The van der Waals surface area contributed by atoms with E-state index in [1.54, 1.807) is 21.8 Å². The summed E-state index contributed by atoms with van der Waals surface area (Å²) in [5.74, 6) is -0.735. The number of amides is 2. The SMILES string of the molecule is Cc1nc(C(=O)N2CCc3ncc(C(=O)NO)cc3C2)cs1. The van der Waals surface area contributed by atoms with Crippen LogP contribution in [0.4, 0.5) is 0 Å². The smallest absolute Gasteiger partial charge is 0.276 e. The highest BCUT2D eigenvalue weighted by molar-refractivity contribution is 7.09. The fourth-order valence-corrected chi connectivity index (χ4v) is 3.00. The van der Waals surface area contributed by atoms with Crippen molar-refractivity contribution in [2.75, 3.05) is 6.54 Å². The molecule has 0 aromatic carbocycles. The molecule has 3 rings (SSSR count). The van der Waals surface area contributed by atoms with Crippen LogP contribution in [0.5, 0.6) is 0 Å². The lowest BCUT2D eigenvalue weighted by atomic mass is 10.0. The molecule has 2 aromatic rings. The molecule has 22 heavy (non-hydrogen) atoms. The predicted octanol–water partition coefficient (Wildman–Crippen LogP) is 1.16. The van der Waals surface area contributed by atoms with Crippen LogP contribution in [0.2, 0.25) is 0 Å². The number of aryl methyl sites for hydroxylation is 1. The molecule has 2 aromatic heterocycles. The molecule has 2 amide bonds. The first-order valence-electron chi connectivity index (χ1n) is 6.72. The Kier molecular flexibility index (Phi) is 3.86. The predicted molar refractivity (Wildman–Crippen MR) is 78.8 cm³/mol. The lowest BCUT2D eigenvalue weighted by molar-refractivity contribution is 0.0705. The zero-order valence-corrected chi connectivity index (χ0v) is 12.7. The minimum absolute atomic E-state index is 0.119. The average Bonchev–Trinajstić information content (AvgIpc) is 2.98. The van der Waals surface area contributed by atoms with E-state index in [1.807, 2.05) is 6.92 Å². The minimum atomic E-state index is -0.617. The first kappa shape index (κ1) is 14.6. The number of carbonyl (C=O) groups excluding carboxylic acids is 2. The normalized spacial score (nSPS) is 13.6. The molecular formula is C14H14N4O3S. The number of nitrogens with one attached hydrogen (secondary N) is 1. The molecule has 0 bridgehead atoms. The Bertz CT molecular complexity index is 743.